The average Bonchev–Trinajstić information content (AvgIpc) is 2.45. The van der Waals surface area contributed by atoms with Gasteiger partial charge < -0.3 is 10.6 Å². The SMILES string of the molecule is O=C(NCC1CCCNC1)c1ccc(Br)c(C(F)(F)F)c1. The maximum atomic E-state index is 12.8. The third-order valence-corrected chi connectivity index (χ3v) is 4.18. The predicted octanol–water partition coefficient (Wildman–Crippen LogP) is 3.20. The lowest BCUT2D eigenvalue weighted by Gasteiger charge is -2.23. The van der Waals surface area contributed by atoms with E-state index in [1.165, 1.54) is 12.1 Å². The number of alkyl halides is 3. The third kappa shape index (κ3) is 4.44. The quantitative estimate of drug-likeness (QED) is 0.864. The molecule has 1 fully saturated rings. The molecule has 1 atom stereocenters. The van der Waals surface area contributed by atoms with E-state index in [4.69, 9.17) is 0 Å². The Morgan fingerprint density at radius 1 is 1.43 bits per heavy atom. The Labute approximate surface area is 129 Å². The third-order valence-electron chi connectivity index (χ3n) is 3.48. The van der Waals surface area contributed by atoms with Crippen molar-refractivity contribution in [2.75, 3.05) is 19.6 Å². The lowest BCUT2D eigenvalue weighted by Crippen LogP contribution is -2.38. The number of hydrogen-bond donors (Lipinski definition) is 2. The van der Waals surface area contributed by atoms with Crippen molar-refractivity contribution in [3.63, 3.8) is 0 Å². The van der Waals surface area contributed by atoms with Crippen molar-refractivity contribution in [2.45, 2.75) is 19.0 Å². The normalized spacial score (nSPS) is 19.3. The molecular weight excluding hydrogens is 349 g/mol. The second kappa shape index (κ2) is 6.79. The summed E-state index contributed by atoms with van der Waals surface area (Å²) in [6, 6.07) is 3.51. The van der Waals surface area contributed by atoms with Crippen molar-refractivity contribution in [1.82, 2.24) is 10.6 Å². The van der Waals surface area contributed by atoms with Gasteiger partial charge in [-0.3, -0.25) is 4.79 Å². The topological polar surface area (TPSA) is 41.1 Å². The number of hydrogen-bond acceptors (Lipinski definition) is 2. The van der Waals surface area contributed by atoms with Gasteiger partial charge in [0.25, 0.3) is 5.91 Å². The van der Waals surface area contributed by atoms with E-state index in [0.717, 1.165) is 32.0 Å². The lowest BCUT2D eigenvalue weighted by atomic mass is 9.99. The van der Waals surface area contributed by atoms with Crippen molar-refractivity contribution < 1.29 is 18.0 Å². The number of piperidine rings is 1. The molecule has 1 heterocycles. The van der Waals surface area contributed by atoms with Gasteiger partial charge in [-0.15, -0.1) is 0 Å². The van der Waals surface area contributed by atoms with Crippen molar-refractivity contribution >= 4 is 21.8 Å². The zero-order chi connectivity index (χ0) is 15.5. The molecular formula is C14H16BrF3N2O. The zero-order valence-corrected chi connectivity index (χ0v) is 12.9. The average molecular weight is 365 g/mol. The molecule has 3 nitrogen and oxygen atoms in total. The molecule has 1 aromatic carbocycles. The molecule has 0 radical (unpaired) electrons. The van der Waals surface area contributed by atoms with E-state index < -0.39 is 17.6 Å². The van der Waals surface area contributed by atoms with Crippen molar-refractivity contribution in [1.29, 1.82) is 0 Å². The Morgan fingerprint density at radius 2 is 2.19 bits per heavy atom. The minimum absolute atomic E-state index is 0.0225. The summed E-state index contributed by atoms with van der Waals surface area (Å²) in [7, 11) is 0. The zero-order valence-electron chi connectivity index (χ0n) is 11.3. The van der Waals surface area contributed by atoms with Crippen LogP contribution in [0, 0.1) is 5.92 Å². The number of nitrogens with one attached hydrogen (secondary N) is 2. The molecule has 1 aliphatic heterocycles. The van der Waals surface area contributed by atoms with E-state index >= 15 is 0 Å². The van der Waals surface area contributed by atoms with Crippen LogP contribution in [0.3, 0.4) is 0 Å². The van der Waals surface area contributed by atoms with Crippen LogP contribution >= 0.6 is 15.9 Å². The first kappa shape index (κ1) is 16.3. The molecule has 1 aliphatic rings. The van der Waals surface area contributed by atoms with Gasteiger partial charge in [0, 0.05) is 16.6 Å². The molecule has 2 N–H and O–H groups in total. The summed E-state index contributed by atoms with van der Waals surface area (Å²) in [6.07, 6.45) is -2.42. The highest BCUT2D eigenvalue weighted by Gasteiger charge is 2.33. The van der Waals surface area contributed by atoms with Crippen molar-refractivity contribution in [3.05, 3.63) is 33.8 Å². The van der Waals surface area contributed by atoms with E-state index in [2.05, 4.69) is 26.6 Å². The number of amides is 1. The predicted molar refractivity (Wildman–Crippen MR) is 77.1 cm³/mol. The van der Waals surface area contributed by atoms with Gasteiger partial charge in [-0.1, -0.05) is 15.9 Å². The van der Waals surface area contributed by atoms with Crippen LogP contribution in [0.4, 0.5) is 13.2 Å². The van der Waals surface area contributed by atoms with Gasteiger partial charge in [-0.2, -0.15) is 13.2 Å². The number of benzene rings is 1. The number of carbonyl (C=O) groups excluding carboxylic acids is 1. The van der Waals surface area contributed by atoms with E-state index in [1.807, 2.05) is 0 Å². The Balaban J connectivity index is 2.02. The van der Waals surface area contributed by atoms with Crippen LogP contribution in [0.2, 0.25) is 0 Å². The Bertz CT molecular complexity index is 513. The molecule has 0 saturated carbocycles. The second-order valence-electron chi connectivity index (χ2n) is 5.11. The van der Waals surface area contributed by atoms with E-state index in [-0.39, 0.29) is 10.0 Å². The molecule has 21 heavy (non-hydrogen) atoms. The highest BCUT2D eigenvalue weighted by Crippen LogP contribution is 2.35. The van der Waals surface area contributed by atoms with E-state index in [9.17, 15) is 18.0 Å². The maximum Gasteiger partial charge on any atom is 0.417 e. The highest BCUT2D eigenvalue weighted by molar-refractivity contribution is 9.10. The number of carbonyl (C=O) groups is 1. The van der Waals surface area contributed by atoms with Crippen molar-refractivity contribution in [2.24, 2.45) is 5.92 Å². The fourth-order valence-corrected chi connectivity index (χ4v) is 2.79. The van der Waals surface area contributed by atoms with Gasteiger partial charge in [-0.05, 0) is 50.0 Å². The molecule has 7 heteroatoms. The first-order valence-corrected chi connectivity index (χ1v) is 7.53. The standard InChI is InChI=1S/C14H16BrF3N2O/c15-12-4-3-10(6-11(12)14(16,17)18)13(21)20-8-9-2-1-5-19-7-9/h3-4,6,9,19H,1-2,5,7-8H2,(H,20,21). The summed E-state index contributed by atoms with van der Waals surface area (Å²) < 4.78 is 38.3. The molecule has 1 aromatic rings. The van der Waals surface area contributed by atoms with Crippen LogP contribution < -0.4 is 10.6 Å². The van der Waals surface area contributed by atoms with Crippen LogP contribution in [-0.2, 0) is 6.18 Å². The van der Waals surface area contributed by atoms with Gasteiger partial charge in [0.1, 0.15) is 0 Å². The molecule has 2 rings (SSSR count). The van der Waals surface area contributed by atoms with Gasteiger partial charge in [-0.25, -0.2) is 0 Å². The first-order chi connectivity index (χ1) is 9.88. The van der Waals surface area contributed by atoms with Gasteiger partial charge >= 0.3 is 6.18 Å². The summed E-state index contributed by atoms with van der Waals surface area (Å²) >= 11 is 2.86. The molecule has 116 valence electrons. The Kier molecular flexibility index (Phi) is 5.27. The lowest BCUT2D eigenvalue weighted by molar-refractivity contribution is -0.138. The van der Waals surface area contributed by atoms with Gasteiger partial charge in [0.2, 0.25) is 0 Å². The summed E-state index contributed by atoms with van der Waals surface area (Å²) in [6.45, 7) is 2.28. The highest BCUT2D eigenvalue weighted by atomic mass is 79.9. The van der Waals surface area contributed by atoms with Gasteiger partial charge in [0.05, 0.1) is 5.56 Å². The first-order valence-electron chi connectivity index (χ1n) is 6.73. The summed E-state index contributed by atoms with van der Waals surface area (Å²) in [5.74, 6) is -0.140. The summed E-state index contributed by atoms with van der Waals surface area (Å²) in [4.78, 5) is 12.0. The minimum Gasteiger partial charge on any atom is -0.352 e. The molecule has 1 amide bonds. The minimum atomic E-state index is -4.48. The van der Waals surface area contributed by atoms with Crippen LogP contribution in [0.1, 0.15) is 28.8 Å². The fraction of sp³-hybridized carbons (Fsp3) is 0.500. The van der Waals surface area contributed by atoms with Gasteiger partial charge in [0.15, 0.2) is 0 Å². The molecule has 0 aliphatic carbocycles. The van der Waals surface area contributed by atoms with Crippen molar-refractivity contribution in [3.8, 4) is 0 Å². The number of rotatable bonds is 3. The molecule has 1 unspecified atom stereocenters. The largest absolute Gasteiger partial charge is 0.417 e. The molecule has 0 spiro atoms. The Morgan fingerprint density at radius 3 is 2.81 bits per heavy atom. The van der Waals surface area contributed by atoms with E-state index in [0.29, 0.717) is 12.5 Å². The number of halogens is 4. The summed E-state index contributed by atoms with van der Waals surface area (Å²) in [5.41, 5.74) is -0.816. The smallest absolute Gasteiger partial charge is 0.352 e. The van der Waals surface area contributed by atoms with Crippen LogP contribution in [0.15, 0.2) is 22.7 Å². The van der Waals surface area contributed by atoms with Crippen LogP contribution in [0.5, 0.6) is 0 Å². The maximum absolute atomic E-state index is 12.8. The van der Waals surface area contributed by atoms with Crippen LogP contribution in [-0.4, -0.2) is 25.5 Å². The molecule has 1 saturated heterocycles. The molecule has 0 bridgehead atoms. The fourth-order valence-electron chi connectivity index (χ4n) is 2.32. The van der Waals surface area contributed by atoms with E-state index in [1.54, 1.807) is 0 Å². The Hall–Kier alpha value is -1.08. The monoisotopic (exact) mass is 364 g/mol. The summed E-state index contributed by atoms with van der Waals surface area (Å²) in [5, 5.41) is 5.93. The van der Waals surface area contributed by atoms with Crippen LogP contribution in [0.25, 0.3) is 0 Å². The molecule has 0 aromatic heterocycles. The second-order valence-corrected chi connectivity index (χ2v) is 5.97.